The van der Waals surface area contributed by atoms with E-state index in [0.29, 0.717) is 30.4 Å². The number of furan rings is 1. The number of fused-ring (bicyclic) bond motifs is 1. The summed E-state index contributed by atoms with van der Waals surface area (Å²) >= 11 is 9.42. The Labute approximate surface area is 159 Å². The van der Waals surface area contributed by atoms with E-state index in [1.54, 1.807) is 6.07 Å². The average Bonchev–Trinajstić information content (AvgIpc) is 2.95. The molecule has 2 aromatic carbocycles. The highest BCUT2D eigenvalue weighted by Crippen LogP contribution is 2.31. The second-order valence-electron chi connectivity index (χ2n) is 5.56. The Kier molecular flexibility index (Phi) is 6.02. The van der Waals surface area contributed by atoms with Gasteiger partial charge in [0.1, 0.15) is 17.9 Å². The lowest BCUT2D eigenvalue weighted by Gasteiger charge is -2.15. The molecule has 25 heavy (non-hydrogen) atoms. The van der Waals surface area contributed by atoms with Crippen LogP contribution in [0.2, 0.25) is 5.22 Å². The Morgan fingerprint density at radius 2 is 2.04 bits per heavy atom. The van der Waals surface area contributed by atoms with E-state index in [9.17, 15) is 5.11 Å². The van der Waals surface area contributed by atoms with Gasteiger partial charge in [0.25, 0.3) is 0 Å². The summed E-state index contributed by atoms with van der Waals surface area (Å²) in [6.45, 7) is 2.70. The maximum atomic E-state index is 9.86. The monoisotopic (exact) mass is 424 g/mol. The minimum absolute atomic E-state index is 0.351. The Balaban J connectivity index is 1.75. The Bertz CT molecular complexity index is 862. The maximum absolute atomic E-state index is 9.86. The van der Waals surface area contributed by atoms with Crippen molar-refractivity contribution in [2.45, 2.75) is 26.2 Å². The number of rotatable bonds is 7. The SMILES string of the molecule is CCOC(O)Cc1ccccc1OCc1cc(Br)c2oc(Cl)cc2c1. The molecule has 0 saturated carbocycles. The summed E-state index contributed by atoms with van der Waals surface area (Å²) in [7, 11) is 0. The van der Waals surface area contributed by atoms with E-state index in [1.807, 2.05) is 43.3 Å². The van der Waals surface area contributed by atoms with E-state index in [4.69, 9.17) is 25.5 Å². The van der Waals surface area contributed by atoms with Gasteiger partial charge in [0.15, 0.2) is 11.5 Å². The van der Waals surface area contributed by atoms with Gasteiger partial charge in [-0.15, -0.1) is 0 Å². The molecule has 0 radical (unpaired) electrons. The van der Waals surface area contributed by atoms with Gasteiger partial charge in [0.2, 0.25) is 0 Å². The van der Waals surface area contributed by atoms with Crippen LogP contribution in [0.25, 0.3) is 11.0 Å². The number of hydrogen-bond donors (Lipinski definition) is 1. The normalized spacial score (nSPS) is 12.5. The number of ether oxygens (including phenoxy) is 2. The quantitative estimate of drug-likeness (QED) is 0.520. The second-order valence-corrected chi connectivity index (χ2v) is 6.78. The molecule has 0 saturated heterocycles. The third-order valence-corrected chi connectivity index (χ3v) is 4.50. The van der Waals surface area contributed by atoms with Crippen molar-refractivity contribution in [2.24, 2.45) is 0 Å². The molecular weight excluding hydrogens is 408 g/mol. The van der Waals surface area contributed by atoms with Gasteiger partial charge in [-0.3, -0.25) is 0 Å². The van der Waals surface area contributed by atoms with Crippen molar-refractivity contribution in [2.75, 3.05) is 6.61 Å². The van der Waals surface area contributed by atoms with Crippen LogP contribution in [0.3, 0.4) is 0 Å². The molecule has 0 bridgehead atoms. The second kappa shape index (κ2) is 8.23. The van der Waals surface area contributed by atoms with Gasteiger partial charge in [0, 0.05) is 24.5 Å². The van der Waals surface area contributed by atoms with E-state index < -0.39 is 6.29 Å². The lowest BCUT2D eigenvalue weighted by Crippen LogP contribution is -2.15. The molecule has 1 heterocycles. The Morgan fingerprint density at radius 3 is 2.84 bits per heavy atom. The molecule has 0 aliphatic heterocycles. The highest BCUT2D eigenvalue weighted by atomic mass is 79.9. The number of aliphatic hydroxyl groups is 1. The molecule has 1 unspecified atom stereocenters. The van der Waals surface area contributed by atoms with Gasteiger partial charge < -0.3 is 19.0 Å². The fourth-order valence-corrected chi connectivity index (χ4v) is 3.43. The van der Waals surface area contributed by atoms with E-state index in [0.717, 1.165) is 26.7 Å². The number of benzene rings is 2. The molecular formula is C19H18BrClO4. The summed E-state index contributed by atoms with van der Waals surface area (Å²) in [6, 6.07) is 13.3. The van der Waals surface area contributed by atoms with Crippen molar-refractivity contribution >= 4 is 38.5 Å². The first kappa shape index (κ1) is 18.3. The average molecular weight is 426 g/mol. The molecule has 6 heteroatoms. The molecule has 0 aliphatic rings. The summed E-state index contributed by atoms with van der Waals surface area (Å²) < 4.78 is 17.4. The summed E-state index contributed by atoms with van der Waals surface area (Å²) in [5.74, 6) is 0.725. The van der Waals surface area contributed by atoms with E-state index in [1.165, 1.54) is 0 Å². The van der Waals surface area contributed by atoms with Gasteiger partial charge >= 0.3 is 0 Å². The van der Waals surface area contributed by atoms with Crippen LogP contribution >= 0.6 is 27.5 Å². The van der Waals surface area contributed by atoms with Crippen LogP contribution in [0.15, 0.2) is 51.4 Å². The minimum atomic E-state index is -0.840. The molecule has 4 nitrogen and oxygen atoms in total. The van der Waals surface area contributed by atoms with Crippen LogP contribution in [0.1, 0.15) is 18.1 Å². The first-order valence-corrected chi connectivity index (χ1v) is 9.11. The van der Waals surface area contributed by atoms with Crippen LogP contribution < -0.4 is 4.74 Å². The van der Waals surface area contributed by atoms with Crippen molar-refractivity contribution < 1.29 is 19.0 Å². The van der Waals surface area contributed by atoms with Crippen LogP contribution in [-0.2, 0) is 17.8 Å². The topological polar surface area (TPSA) is 51.8 Å². The van der Waals surface area contributed by atoms with Crippen LogP contribution in [0, 0.1) is 0 Å². The molecule has 3 rings (SSSR count). The zero-order valence-corrected chi connectivity index (χ0v) is 16.0. The zero-order chi connectivity index (χ0) is 17.8. The molecule has 0 spiro atoms. The van der Waals surface area contributed by atoms with Crippen LogP contribution in [-0.4, -0.2) is 18.0 Å². The maximum Gasteiger partial charge on any atom is 0.194 e. The summed E-state index contributed by atoms with van der Waals surface area (Å²) in [5.41, 5.74) is 2.60. The molecule has 3 aromatic rings. The minimum Gasteiger partial charge on any atom is -0.489 e. The standard InChI is InChI=1S/C19H18BrClO4/c1-2-23-18(22)10-13-5-3-4-6-16(13)24-11-12-7-14-9-17(21)25-19(14)15(20)8-12/h3-9,18,22H,2,10-11H2,1H3. The van der Waals surface area contributed by atoms with Crippen molar-refractivity contribution in [3.8, 4) is 5.75 Å². The number of hydrogen-bond acceptors (Lipinski definition) is 4. The lowest BCUT2D eigenvalue weighted by atomic mass is 10.1. The Morgan fingerprint density at radius 1 is 1.24 bits per heavy atom. The molecule has 0 aliphatic carbocycles. The van der Waals surface area contributed by atoms with E-state index >= 15 is 0 Å². The van der Waals surface area contributed by atoms with Crippen molar-refractivity contribution in [1.29, 1.82) is 0 Å². The summed E-state index contributed by atoms with van der Waals surface area (Å²) in [5, 5.41) is 11.1. The van der Waals surface area contributed by atoms with Crippen LogP contribution in [0.5, 0.6) is 5.75 Å². The van der Waals surface area contributed by atoms with Gasteiger partial charge in [-0.1, -0.05) is 18.2 Å². The highest BCUT2D eigenvalue weighted by Gasteiger charge is 2.11. The fraction of sp³-hybridized carbons (Fsp3) is 0.263. The first-order valence-electron chi connectivity index (χ1n) is 7.94. The predicted octanol–water partition coefficient (Wildman–Crippen LogP) is 5.33. The van der Waals surface area contributed by atoms with Gasteiger partial charge in [-0.05, 0) is 63.8 Å². The third kappa shape index (κ3) is 4.55. The van der Waals surface area contributed by atoms with E-state index in [-0.39, 0.29) is 0 Å². The fourth-order valence-electron chi connectivity index (χ4n) is 2.63. The summed E-state index contributed by atoms with van der Waals surface area (Å²) in [4.78, 5) is 0. The Hall–Kier alpha value is -1.53. The highest BCUT2D eigenvalue weighted by molar-refractivity contribution is 9.10. The first-order chi connectivity index (χ1) is 12.1. The smallest absolute Gasteiger partial charge is 0.194 e. The van der Waals surface area contributed by atoms with Crippen molar-refractivity contribution in [3.05, 3.63) is 63.3 Å². The molecule has 1 N–H and O–H groups in total. The van der Waals surface area contributed by atoms with Crippen molar-refractivity contribution in [1.82, 2.24) is 0 Å². The van der Waals surface area contributed by atoms with Gasteiger partial charge in [-0.25, -0.2) is 0 Å². The molecule has 0 fully saturated rings. The molecule has 1 aromatic heterocycles. The number of halogens is 2. The van der Waals surface area contributed by atoms with E-state index in [2.05, 4.69) is 15.9 Å². The summed E-state index contributed by atoms with van der Waals surface area (Å²) in [6.07, 6.45) is -0.460. The third-order valence-electron chi connectivity index (χ3n) is 3.72. The van der Waals surface area contributed by atoms with Crippen LogP contribution in [0.4, 0.5) is 0 Å². The largest absolute Gasteiger partial charge is 0.489 e. The molecule has 132 valence electrons. The van der Waals surface area contributed by atoms with Crippen molar-refractivity contribution in [3.63, 3.8) is 0 Å². The number of aliphatic hydroxyl groups excluding tert-OH is 1. The molecule has 1 atom stereocenters. The lowest BCUT2D eigenvalue weighted by molar-refractivity contribution is -0.0930. The molecule has 0 amide bonds. The van der Waals surface area contributed by atoms with Gasteiger partial charge in [-0.2, -0.15) is 0 Å². The van der Waals surface area contributed by atoms with Gasteiger partial charge in [0.05, 0.1) is 4.47 Å². The number of para-hydroxylation sites is 1. The zero-order valence-electron chi connectivity index (χ0n) is 13.7. The predicted molar refractivity (Wildman–Crippen MR) is 101 cm³/mol.